The minimum atomic E-state index is 0.181. The molecule has 3 aromatic heterocycles. The van der Waals surface area contributed by atoms with Crippen molar-refractivity contribution in [3.8, 4) is 27.9 Å². The molecule has 0 saturated carbocycles. The van der Waals surface area contributed by atoms with E-state index in [1.807, 2.05) is 12.3 Å². The van der Waals surface area contributed by atoms with Crippen LogP contribution in [0.3, 0.4) is 0 Å². The number of rotatable bonds is 2. The highest BCUT2D eigenvalue weighted by Gasteiger charge is 2.20. The zero-order chi connectivity index (χ0) is 15.0. The quantitative estimate of drug-likeness (QED) is 0.780. The van der Waals surface area contributed by atoms with Gasteiger partial charge in [0, 0.05) is 22.7 Å². The molecule has 0 spiro atoms. The molecule has 3 heterocycles. The van der Waals surface area contributed by atoms with Gasteiger partial charge in [0.15, 0.2) is 0 Å². The summed E-state index contributed by atoms with van der Waals surface area (Å²) in [5.74, 6) is 0.819. The van der Waals surface area contributed by atoms with E-state index in [1.54, 1.807) is 19.2 Å². The highest BCUT2D eigenvalue weighted by Crippen LogP contribution is 2.35. The molecular weight excluding hydrogens is 286 g/mol. The summed E-state index contributed by atoms with van der Waals surface area (Å²) in [7, 11) is 0. The second-order valence-electron chi connectivity index (χ2n) is 4.46. The summed E-state index contributed by atoms with van der Waals surface area (Å²) in [5.41, 5.74) is 9.05. The van der Waals surface area contributed by atoms with E-state index >= 15 is 0 Å². The second-order valence-corrected chi connectivity index (χ2v) is 5.36. The average molecular weight is 297 g/mol. The summed E-state index contributed by atoms with van der Waals surface area (Å²) in [4.78, 5) is 8.50. The molecule has 0 aliphatic rings. The Morgan fingerprint density at radius 1 is 1.38 bits per heavy atom. The number of nitrogens with two attached hydrogens (primary N) is 1. The lowest BCUT2D eigenvalue weighted by molar-refractivity contribution is 0.393. The van der Waals surface area contributed by atoms with Crippen molar-refractivity contribution in [2.75, 3.05) is 5.73 Å². The summed E-state index contributed by atoms with van der Waals surface area (Å²) >= 11 is 1.46. The number of nitrogen functional groups attached to an aromatic ring is 1. The van der Waals surface area contributed by atoms with Crippen LogP contribution in [-0.4, -0.2) is 15.1 Å². The molecule has 0 aliphatic heterocycles. The summed E-state index contributed by atoms with van der Waals surface area (Å²) < 4.78 is 5.19. The Hall–Kier alpha value is -2.72. The number of aryl methyl sites for hydroxylation is 2. The summed E-state index contributed by atoms with van der Waals surface area (Å²) in [6.07, 6.45) is 1.70. The summed E-state index contributed by atoms with van der Waals surface area (Å²) in [6.45, 7) is 3.63. The first-order valence-corrected chi connectivity index (χ1v) is 7.03. The molecule has 0 atom stereocenters. The molecule has 7 heteroatoms. The molecule has 6 nitrogen and oxygen atoms in total. The molecule has 0 unspecified atom stereocenters. The predicted molar refractivity (Wildman–Crippen MR) is 79.4 cm³/mol. The van der Waals surface area contributed by atoms with Crippen molar-refractivity contribution in [1.82, 2.24) is 15.1 Å². The van der Waals surface area contributed by atoms with Crippen LogP contribution in [0, 0.1) is 25.2 Å². The Kier molecular flexibility index (Phi) is 3.16. The fraction of sp³-hybridized carbons (Fsp3) is 0.143. The molecule has 0 amide bonds. The lowest BCUT2D eigenvalue weighted by Crippen LogP contribution is -2.00. The molecule has 3 rings (SSSR count). The highest BCUT2D eigenvalue weighted by molar-refractivity contribution is 7.13. The molecule has 2 N–H and O–H groups in total. The maximum atomic E-state index is 9.37. The Morgan fingerprint density at radius 2 is 2.19 bits per heavy atom. The first-order valence-electron chi connectivity index (χ1n) is 6.15. The van der Waals surface area contributed by atoms with Gasteiger partial charge in [-0.1, -0.05) is 5.16 Å². The van der Waals surface area contributed by atoms with Crippen molar-refractivity contribution >= 4 is 17.2 Å². The van der Waals surface area contributed by atoms with Gasteiger partial charge in [-0.05, 0) is 19.9 Å². The molecule has 3 aromatic rings. The van der Waals surface area contributed by atoms with Crippen LogP contribution in [0.15, 0.2) is 22.2 Å². The van der Waals surface area contributed by atoms with Crippen LogP contribution in [0.1, 0.15) is 17.0 Å². The third-order valence-electron chi connectivity index (χ3n) is 3.11. The Bertz CT molecular complexity index is 826. The van der Waals surface area contributed by atoms with Gasteiger partial charge in [0.2, 0.25) is 0 Å². The van der Waals surface area contributed by atoms with Crippen LogP contribution in [-0.2, 0) is 0 Å². The molecule has 0 bridgehead atoms. The molecular formula is C14H11N5OS. The lowest BCUT2D eigenvalue weighted by Gasteiger charge is -2.08. The van der Waals surface area contributed by atoms with Gasteiger partial charge in [-0.3, -0.25) is 0 Å². The predicted octanol–water partition coefficient (Wildman–Crippen LogP) is 2.93. The van der Waals surface area contributed by atoms with E-state index in [9.17, 15) is 5.26 Å². The maximum Gasteiger partial charge on any atom is 0.142 e. The van der Waals surface area contributed by atoms with Crippen LogP contribution in [0.5, 0.6) is 0 Å². The highest BCUT2D eigenvalue weighted by atomic mass is 32.1. The third-order valence-corrected chi connectivity index (χ3v) is 3.91. The van der Waals surface area contributed by atoms with Crippen LogP contribution in [0.2, 0.25) is 0 Å². The minimum Gasteiger partial charge on any atom is -0.383 e. The first-order chi connectivity index (χ1) is 10.1. The largest absolute Gasteiger partial charge is 0.383 e. The van der Waals surface area contributed by atoms with Crippen LogP contribution in [0.4, 0.5) is 5.82 Å². The summed E-state index contributed by atoms with van der Waals surface area (Å²) in [5, 5.41) is 15.9. The van der Waals surface area contributed by atoms with Crippen molar-refractivity contribution in [3.63, 3.8) is 0 Å². The Labute approximate surface area is 124 Å². The van der Waals surface area contributed by atoms with Crippen molar-refractivity contribution in [2.24, 2.45) is 0 Å². The maximum absolute atomic E-state index is 9.37. The van der Waals surface area contributed by atoms with E-state index in [0.29, 0.717) is 28.3 Å². The van der Waals surface area contributed by atoms with Gasteiger partial charge in [-0.15, -0.1) is 11.3 Å². The zero-order valence-electron chi connectivity index (χ0n) is 11.4. The van der Waals surface area contributed by atoms with Gasteiger partial charge >= 0.3 is 0 Å². The fourth-order valence-electron chi connectivity index (χ4n) is 2.21. The van der Waals surface area contributed by atoms with E-state index in [0.717, 1.165) is 10.6 Å². The van der Waals surface area contributed by atoms with Crippen molar-refractivity contribution in [2.45, 2.75) is 13.8 Å². The Balaban J connectivity index is 2.31. The van der Waals surface area contributed by atoms with E-state index in [2.05, 4.69) is 21.2 Å². The second kappa shape index (κ2) is 5.00. The normalized spacial score (nSPS) is 10.5. The van der Waals surface area contributed by atoms with Gasteiger partial charge in [0.1, 0.15) is 33.9 Å². The molecule has 0 saturated heterocycles. The minimum absolute atomic E-state index is 0.181. The van der Waals surface area contributed by atoms with Crippen LogP contribution >= 0.6 is 11.3 Å². The van der Waals surface area contributed by atoms with E-state index in [4.69, 9.17) is 10.3 Å². The summed E-state index contributed by atoms with van der Waals surface area (Å²) in [6, 6.07) is 3.91. The number of hydrogen-bond acceptors (Lipinski definition) is 7. The molecule has 0 aliphatic carbocycles. The number of nitrogens with zero attached hydrogens (tertiary/aromatic N) is 4. The van der Waals surface area contributed by atoms with Gasteiger partial charge in [0.25, 0.3) is 0 Å². The topological polar surface area (TPSA) is 102 Å². The average Bonchev–Trinajstić information content (AvgIpc) is 3.08. The van der Waals surface area contributed by atoms with Crippen molar-refractivity contribution in [3.05, 3.63) is 34.7 Å². The number of aromatic nitrogens is 3. The smallest absolute Gasteiger partial charge is 0.142 e. The lowest BCUT2D eigenvalue weighted by atomic mass is 9.99. The standard InChI is InChI=1S/C14H11N5OS/c1-7-12(8(2)20-19-7)9-5-11(14-17-3-4-21-14)18-13(16)10(9)6-15/h3-5H,1-2H3,(H2,16,18). The molecule has 0 aromatic carbocycles. The molecule has 21 heavy (non-hydrogen) atoms. The Morgan fingerprint density at radius 3 is 2.76 bits per heavy atom. The zero-order valence-corrected chi connectivity index (χ0v) is 12.2. The van der Waals surface area contributed by atoms with Crippen LogP contribution < -0.4 is 5.73 Å². The molecule has 0 radical (unpaired) electrons. The van der Waals surface area contributed by atoms with Gasteiger partial charge in [-0.2, -0.15) is 5.26 Å². The number of anilines is 1. The van der Waals surface area contributed by atoms with Gasteiger partial charge in [0.05, 0.1) is 5.69 Å². The van der Waals surface area contributed by atoms with E-state index in [1.165, 1.54) is 11.3 Å². The SMILES string of the molecule is Cc1noc(C)c1-c1cc(-c2nccs2)nc(N)c1C#N. The van der Waals surface area contributed by atoms with E-state index < -0.39 is 0 Å². The van der Waals surface area contributed by atoms with Gasteiger partial charge < -0.3 is 10.3 Å². The number of nitriles is 1. The monoisotopic (exact) mass is 297 g/mol. The van der Waals surface area contributed by atoms with Crippen molar-refractivity contribution in [1.29, 1.82) is 5.26 Å². The number of pyridine rings is 1. The van der Waals surface area contributed by atoms with Crippen LogP contribution in [0.25, 0.3) is 21.8 Å². The third kappa shape index (κ3) is 2.15. The number of thiazole rings is 1. The number of hydrogen-bond donors (Lipinski definition) is 1. The molecule has 104 valence electrons. The first kappa shape index (κ1) is 13.3. The van der Waals surface area contributed by atoms with Crippen molar-refractivity contribution < 1.29 is 4.52 Å². The fourth-order valence-corrected chi connectivity index (χ4v) is 2.80. The van der Waals surface area contributed by atoms with Gasteiger partial charge in [-0.25, -0.2) is 9.97 Å². The molecule has 0 fully saturated rings. The van der Waals surface area contributed by atoms with E-state index in [-0.39, 0.29) is 5.82 Å².